The van der Waals surface area contributed by atoms with Crippen molar-refractivity contribution >= 4 is 21.8 Å². The number of sulfonamides is 1. The lowest BCUT2D eigenvalue weighted by Gasteiger charge is -2.39. The number of amides is 2. The largest absolute Gasteiger partial charge is 0.370 e. The summed E-state index contributed by atoms with van der Waals surface area (Å²) < 4.78 is 58.9. The number of carbonyl (C=O) groups excluding carboxylic acids is 2. The van der Waals surface area contributed by atoms with Crippen LogP contribution in [0.25, 0.3) is 0 Å². The molecule has 0 spiro atoms. The van der Waals surface area contributed by atoms with Crippen molar-refractivity contribution in [3.63, 3.8) is 0 Å². The van der Waals surface area contributed by atoms with Gasteiger partial charge in [0.25, 0.3) is 0 Å². The van der Waals surface area contributed by atoms with Gasteiger partial charge in [0.05, 0.1) is 23.7 Å². The van der Waals surface area contributed by atoms with Crippen LogP contribution >= 0.6 is 0 Å². The molecule has 168 valence electrons. The molecule has 4 fully saturated rings. The highest BCUT2D eigenvalue weighted by molar-refractivity contribution is 7.91. The second-order valence-corrected chi connectivity index (χ2v) is 10.9. The van der Waals surface area contributed by atoms with Gasteiger partial charge in [-0.25, -0.2) is 17.2 Å². The van der Waals surface area contributed by atoms with Crippen LogP contribution in [0.4, 0.5) is 8.78 Å². The number of ether oxygens (including phenoxy) is 1. The summed E-state index contributed by atoms with van der Waals surface area (Å²) in [6, 6.07) is 2.33. The molecule has 5 atom stereocenters. The molecule has 0 bridgehead atoms. The summed E-state index contributed by atoms with van der Waals surface area (Å²) in [5, 5.41) is -0.625. The number of likely N-dealkylation sites (tertiary alicyclic amines) is 1. The van der Waals surface area contributed by atoms with Gasteiger partial charge in [0, 0.05) is 30.7 Å². The van der Waals surface area contributed by atoms with Gasteiger partial charge < -0.3 is 10.5 Å². The maximum Gasteiger partial charge on any atom is 0.248 e. The van der Waals surface area contributed by atoms with E-state index in [2.05, 4.69) is 0 Å². The van der Waals surface area contributed by atoms with E-state index in [-0.39, 0.29) is 31.3 Å². The molecule has 5 rings (SSSR count). The van der Waals surface area contributed by atoms with Crippen LogP contribution in [0.5, 0.6) is 0 Å². The van der Waals surface area contributed by atoms with Crippen LogP contribution < -0.4 is 5.73 Å². The fourth-order valence-corrected chi connectivity index (χ4v) is 6.76. The van der Waals surface area contributed by atoms with Crippen LogP contribution in [0.15, 0.2) is 18.2 Å². The van der Waals surface area contributed by atoms with E-state index in [0.29, 0.717) is 23.6 Å². The van der Waals surface area contributed by atoms with Crippen molar-refractivity contribution < 1.29 is 31.5 Å². The Morgan fingerprint density at radius 3 is 2.29 bits per heavy atom. The fraction of sp³-hybridized carbons (Fsp3) is 0.600. The number of fused-ring (bicyclic) bond motifs is 1. The number of nitrogens with zero attached hydrogens (tertiary/aromatic N) is 2. The molecule has 3 aliphatic heterocycles. The average Bonchev–Trinajstić information content (AvgIpc) is 3.44. The maximum absolute atomic E-state index is 14.1. The number of benzene rings is 1. The smallest absolute Gasteiger partial charge is 0.248 e. The van der Waals surface area contributed by atoms with Gasteiger partial charge in [0.2, 0.25) is 21.8 Å². The zero-order valence-electron chi connectivity index (χ0n) is 16.6. The minimum atomic E-state index is -3.90. The van der Waals surface area contributed by atoms with Crippen molar-refractivity contribution in [1.29, 1.82) is 0 Å². The molecule has 2 N–H and O–H groups in total. The van der Waals surface area contributed by atoms with Crippen LogP contribution in [0.2, 0.25) is 0 Å². The molecule has 1 aromatic carbocycles. The Labute approximate surface area is 178 Å². The van der Waals surface area contributed by atoms with Crippen LogP contribution in [-0.2, 0) is 24.3 Å². The van der Waals surface area contributed by atoms with Crippen molar-refractivity contribution in [3.8, 4) is 0 Å². The molecular weight excluding hydrogens is 432 g/mol. The van der Waals surface area contributed by atoms with Gasteiger partial charge >= 0.3 is 0 Å². The first kappa shape index (κ1) is 20.9. The molecule has 0 aromatic heterocycles. The highest BCUT2D eigenvalue weighted by Gasteiger charge is 2.59. The van der Waals surface area contributed by atoms with Crippen molar-refractivity contribution in [3.05, 3.63) is 35.4 Å². The molecule has 11 heteroatoms. The standard InChI is InChI=1S/C20H23F2N3O5S/c21-10-1-4-16(22)13(5-10)18-17(23)6-11(9-30-18)24-7-14-15(8-24)20(27)25(19(14)26)31(28,29)12-2-3-12/h1,4-5,11-12,14-15,17-18H,2-3,6-9,23H2/t11-,14?,15?,17+,18-/m0/s1. The van der Waals surface area contributed by atoms with Gasteiger partial charge in [-0.1, -0.05) is 0 Å². The Kier molecular flexibility index (Phi) is 4.92. The summed E-state index contributed by atoms with van der Waals surface area (Å²) in [5.41, 5.74) is 6.28. The molecule has 8 nitrogen and oxygen atoms in total. The number of carbonyl (C=O) groups is 2. The van der Waals surface area contributed by atoms with E-state index in [1.54, 1.807) is 0 Å². The predicted molar refractivity (Wildman–Crippen MR) is 104 cm³/mol. The SMILES string of the molecule is N[C@@H]1C[C@H](N2CC3C(=O)N(S(=O)(=O)C4CC4)C(=O)C3C2)CO[C@H]1c1cc(F)ccc1F. The minimum absolute atomic E-state index is 0.0653. The number of imide groups is 1. The van der Waals surface area contributed by atoms with Gasteiger partial charge in [0.15, 0.2) is 0 Å². The van der Waals surface area contributed by atoms with Gasteiger partial charge in [0.1, 0.15) is 17.7 Å². The fourth-order valence-electron chi connectivity index (χ4n) is 4.96. The number of rotatable bonds is 4. The Balaban J connectivity index is 1.27. The van der Waals surface area contributed by atoms with E-state index >= 15 is 0 Å². The third kappa shape index (κ3) is 3.38. The van der Waals surface area contributed by atoms with Crippen molar-refractivity contribution in [2.75, 3.05) is 19.7 Å². The first-order chi connectivity index (χ1) is 14.7. The van der Waals surface area contributed by atoms with E-state index in [9.17, 15) is 26.8 Å². The molecule has 2 amide bonds. The predicted octanol–water partition coefficient (Wildman–Crippen LogP) is 0.531. The van der Waals surface area contributed by atoms with Crippen LogP contribution in [0.1, 0.15) is 30.9 Å². The molecular formula is C20H23F2N3O5S. The number of nitrogens with two attached hydrogens (primary N) is 1. The van der Waals surface area contributed by atoms with E-state index in [1.165, 1.54) is 0 Å². The summed E-state index contributed by atoms with van der Waals surface area (Å²) >= 11 is 0. The van der Waals surface area contributed by atoms with E-state index in [0.717, 1.165) is 18.2 Å². The third-order valence-corrected chi connectivity index (χ3v) is 8.95. The van der Waals surface area contributed by atoms with Crippen molar-refractivity contribution in [1.82, 2.24) is 9.21 Å². The number of hydrogen-bond acceptors (Lipinski definition) is 7. The van der Waals surface area contributed by atoms with Gasteiger partial charge in [-0.15, -0.1) is 0 Å². The minimum Gasteiger partial charge on any atom is -0.370 e. The maximum atomic E-state index is 14.1. The van der Waals surface area contributed by atoms with Crippen LogP contribution in [-0.4, -0.2) is 66.5 Å². The lowest BCUT2D eigenvalue weighted by atomic mass is 9.93. The van der Waals surface area contributed by atoms with Gasteiger partial charge in [-0.2, -0.15) is 4.31 Å². The summed E-state index contributed by atoms with van der Waals surface area (Å²) in [5.74, 6) is -3.87. The van der Waals surface area contributed by atoms with E-state index < -0.39 is 62.7 Å². The molecule has 2 unspecified atom stereocenters. The van der Waals surface area contributed by atoms with E-state index in [4.69, 9.17) is 10.5 Å². The Hall–Kier alpha value is -1.95. The third-order valence-electron chi connectivity index (χ3n) is 6.77. The van der Waals surface area contributed by atoms with Crippen LogP contribution in [0, 0.1) is 23.5 Å². The number of hydrogen-bond donors (Lipinski definition) is 1. The molecule has 3 heterocycles. The molecule has 1 aromatic rings. The zero-order valence-corrected chi connectivity index (χ0v) is 17.4. The topological polar surface area (TPSA) is 110 Å². The highest BCUT2D eigenvalue weighted by atomic mass is 32.2. The summed E-state index contributed by atoms with van der Waals surface area (Å²) in [7, 11) is -3.90. The van der Waals surface area contributed by atoms with Gasteiger partial charge in [-0.3, -0.25) is 14.5 Å². The summed E-state index contributed by atoms with van der Waals surface area (Å²) in [6.07, 6.45) is 0.569. The normalized spacial score (nSPS) is 34.4. The number of halogens is 2. The quantitative estimate of drug-likeness (QED) is 0.660. The second-order valence-electron chi connectivity index (χ2n) is 8.83. The molecule has 31 heavy (non-hydrogen) atoms. The second kappa shape index (κ2) is 7.29. The van der Waals surface area contributed by atoms with Crippen molar-refractivity contribution in [2.45, 2.75) is 42.7 Å². The summed E-state index contributed by atoms with van der Waals surface area (Å²) in [4.78, 5) is 27.4. The molecule has 3 saturated heterocycles. The highest BCUT2D eigenvalue weighted by Crippen LogP contribution is 2.41. The monoisotopic (exact) mass is 455 g/mol. The lowest BCUT2D eigenvalue weighted by Crippen LogP contribution is -2.50. The summed E-state index contributed by atoms with van der Waals surface area (Å²) in [6.45, 7) is 0.664. The molecule has 1 saturated carbocycles. The lowest BCUT2D eigenvalue weighted by molar-refractivity contribution is -0.135. The van der Waals surface area contributed by atoms with Crippen molar-refractivity contribution in [2.24, 2.45) is 17.6 Å². The Morgan fingerprint density at radius 2 is 1.71 bits per heavy atom. The first-order valence-electron chi connectivity index (χ1n) is 10.4. The molecule has 1 aliphatic carbocycles. The van der Waals surface area contributed by atoms with E-state index in [1.807, 2.05) is 4.90 Å². The Bertz CT molecular complexity index is 1020. The van der Waals surface area contributed by atoms with Gasteiger partial charge in [-0.05, 0) is 37.5 Å². The first-order valence-corrected chi connectivity index (χ1v) is 11.9. The average molecular weight is 455 g/mol. The molecule has 4 aliphatic rings. The molecule has 0 radical (unpaired) electrons. The Morgan fingerprint density at radius 1 is 1.06 bits per heavy atom. The zero-order chi connectivity index (χ0) is 22.1. The van der Waals surface area contributed by atoms with Crippen LogP contribution in [0.3, 0.4) is 0 Å².